The second-order valence-corrected chi connectivity index (χ2v) is 6.03. The van der Waals surface area contributed by atoms with E-state index in [9.17, 15) is 5.11 Å². The van der Waals surface area contributed by atoms with Crippen molar-refractivity contribution in [1.29, 1.82) is 0 Å². The van der Waals surface area contributed by atoms with Crippen molar-refractivity contribution < 1.29 is 5.11 Å². The Morgan fingerprint density at radius 3 is 2.56 bits per heavy atom. The molecule has 4 nitrogen and oxygen atoms in total. The Bertz CT molecular complexity index is 474. The zero-order chi connectivity index (χ0) is 13.9. The topological polar surface area (TPSA) is 62.6 Å². The van der Waals surface area contributed by atoms with Crippen LogP contribution in [0, 0.1) is 6.57 Å². The van der Waals surface area contributed by atoms with Gasteiger partial charge in [0.05, 0.1) is 24.9 Å². The number of benzene rings is 1. The van der Waals surface area contributed by atoms with Crippen molar-refractivity contribution in [3.05, 3.63) is 33.6 Å². The molecular weight excluding hydrogens is 294 g/mol. The number of nitrogens with one attached hydrogen (secondary N) is 1. The van der Waals surface area contributed by atoms with Crippen molar-refractivity contribution in [3.8, 4) is 0 Å². The van der Waals surface area contributed by atoms with Gasteiger partial charge in [0.1, 0.15) is 0 Å². The Balaban J connectivity index is 3.15. The first kappa shape index (κ1) is 15.0. The number of nitrogens with two attached hydrogens (primary N) is 1. The third-order valence-corrected chi connectivity index (χ3v) is 3.10. The van der Waals surface area contributed by atoms with Crippen LogP contribution in [-0.2, 0) is 0 Å². The molecule has 0 spiro atoms. The highest BCUT2D eigenvalue weighted by molar-refractivity contribution is 9.10. The summed E-state index contributed by atoms with van der Waals surface area (Å²) in [6.45, 7) is 13.1. The Morgan fingerprint density at radius 1 is 1.50 bits per heavy atom. The fourth-order valence-electron chi connectivity index (χ4n) is 1.67. The number of hydrogen-bond donors (Lipinski definition) is 3. The average molecular weight is 312 g/mol. The van der Waals surface area contributed by atoms with E-state index in [1.807, 2.05) is 26.8 Å². The van der Waals surface area contributed by atoms with Crippen molar-refractivity contribution in [1.82, 2.24) is 5.32 Å². The van der Waals surface area contributed by atoms with Crippen LogP contribution in [0.25, 0.3) is 4.85 Å². The molecule has 1 aromatic carbocycles. The summed E-state index contributed by atoms with van der Waals surface area (Å²) in [5.41, 5.74) is 7.34. The first-order valence-electron chi connectivity index (χ1n) is 5.63. The molecule has 0 aliphatic rings. The fourth-order valence-corrected chi connectivity index (χ4v) is 2.14. The molecule has 18 heavy (non-hydrogen) atoms. The van der Waals surface area contributed by atoms with Crippen LogP contribution < -0.4 is 11.1 Å². The van der Waals surface area contributed by atoms with Crippen molar-refractivity contribution in [2.75, 3.05) is 12.3 Å². The first-order valence-corrected chi connectivity index (χ1v) is 6.42. The van der Waals surface area contributed by atoms with Crippen LogP contribution in [-0.4, -0.2) is 17.3 Å². The lowest BCUT2D eigenvalue weighted by Crippen LogP contribution is -2.40. The number of rotatable bonds is 3. The van der Waals surface area contributed by atoms with Gasteiger partial charge in [-0.3, -0.25) is 0 Å². The summed E-state index contributed by atoms with van der Waals surface area (Å²) in [7, 11) is 0. The number of halogens is 1. The summed E-state index contributed by atoms with van der Waals surface area (Å²) in [6.07, 6.45) is 0. The lowest BCUT2D eigenvalue weighted by Gasteiger charge is -2.28. The van der Waals surface area contributed by atoms with E-state index in [1.54, 1.807) is 6.07 Å². The lowest BCUT2D eigenvalue weighted by atomic mass is 10.0. The molecule has 0 saturated heterocycles. The second kappa shape index (κ2) is 5.70. The van der Waals surface area contributed by atoms with E-state index in [2.05, 4.69) is 26.1 Å². The zero-order valence-electron chi connectivity index (χ0n) is 10.8. The number of nitrogen functional groups attached to an aromatic ring is 1. The predicted octanol–water partition coefficient (Wildman–Crippen LogP) is 3.00. The van der Waals surface area contributed by atoms with Crippen LogP contribution in [0.3, 0.4) is 0 Å². The zero-order valence-corrected chi connectivity index (χ0v) is 12.4. The van der Waals surface area contributed by atoms with Crippen molar-refractivity contribution in [2.24, 2.45) is 0 Å². The molecule has 0 aliphatic carbocycles. The highest BCUT2D eigenvalue weighted by atomic mass is 79.9. The minimum absolute atomic E-state index is 0.0366. The van der Waals surface area contributed by atoms with Crippen molar-refractivity contribution in [3.63, 3.8) is 0 Å². The standard InChI is InChI=1S/C13H18BrN3O/c1-13(2,3)17-11(7-18)8-5-9(14)12(15)10(6-8)16-4/h5-6,11,17-18H,7,15H2,1-3H3. The highest BCUT2D eigenvalue weighted by Gasteiger charge is 2.19. The van der Waals surface area contributed by atoms with Gasteiger partial charge in [-0.1, -0.05) is 15.9 Å². The molecule has 0 radical (unpaired) electrons. The van der Waals surface area contributed by atoms with Crippen LogP contribution in [0.2, 0.25) is 0 Å². The Morgan fingerprint density at radius 2 is 2.11 bits per heavy atom. The SMILES string of the molecule is [C-]#[N+]c1cc(C(CO)NC(C)(C)C)cc(Br)c1N. The molecule has 5 heteroatoms. The Hall–Kier alpha value is -1.09. The molecular formula is C13H18BrN3O. The van der Waals surface area contributed by atoms with E-state index in [-0.39, 0.29) is 18.2 Å². The van der Waals surface area contributed by atoms with Gasteiger partial charge in [-0.2, -0.15) is 0 Å². The maximum absolute atomic E-state index is 9.48. The summed E-state index contributed by atoms with van der Waals surface area (Å²) in [6, 6.07) is 3.33. The molecule has 4 N–H and O–H groups in total. The molecule has 0 fully saturated rings. The van der Waals surface area contributed by atoms with Crippen molar-refractivity contribution >= 4 is 27.3 Å². The van der Waals surface area contributed by atoms with Gasteiger partial charge in [0.2, 0.25) is 5.69 Å². The number of hydrogen-bond acceptors (Lipinski definition) is 3. The third kappa shape index (κ3) is 3.70. The molecule has 1 rings (SSSR count). The number of nitrogens with zero attached hydrogens (tertiary/aromatic N) is 1. The largest absolute Gasteiger partial charge is 0.406 e. The van der Waals surface area contributed by atoms with E-state index < -0.39 is 0 Å². The molecule has 0 amide bonds. The van der Waals surface area contributed by atoms with Gasteiger partial charge in [0.25, 0.3) is 0 Å². The smallest absolute Gasteiger partial charge is 0.210 e. The maximum atomic E-state index is 9.48. The van der Waals surface area contributed by atoms with Gasteiger partial charge in [-0.15, -0.1) is 0 Å². The molecule has 0 aromatic heterocycles. The molecule has 0 aliphatic heterocycles. The van der Waals surface area contributed by atoms with Gasteiger partial charge < -0.3 is 16.2 Å². The van der Waals surface area contributed by atoms with Crippen LogP contribution in [0.4, 0.5) is 11.4 Å². The fraction of sp³-hybridized carbons (Fsp3) is 0.462. The molecule has 0 heterocycles. The summed E-state index contributed by atoms with van der Waals surface area (Å²) in [5.74, 6) is 0. The molecule has 0 bridgehead atoms. The summed E-state index contributed by atoms with van der Waals surface area (Å²) in [4.78, 5) is 3.39. The van der Waals surface area contributed by atoms with Gasteiger partial charge in [0, 0.05) is 10.0 Å². The third-order valence-electron chi connectivity index (χ3n) is 2.44. The van der Waals surface area contributed by atoms with E-state index in [0.717, 1.165) is 5.56 Å². The minimum Gasteiger partial charge on any atom is -0.406 e. The van der Waals surface area contributed by atoms with E-state index in [0.29, 0.717) is 15.8 Å². The summed E-state index contributed by atoms with van der Waals surface area (Å²) >= 11 is 3.34. The van der Waals surface area contributed by atoms with Crippen LogP contribution in [0.5, 0.6) is 0 Å². The minimum atomic E-state index is -0.220. The normalized spacial score (nSPS) is 13.1. The quantitative estimate of drug-likeness (QED) is 0.594. The number of aliphatic hydroxyl groups is 1. The highest BCUT2D eigenvalue weighted by Crippen LogP contribution is 2.34. The van der Waals surface area contributed by atoms with E-state index in [4.69, 9.17) is 12.3 Å². The molecule has 0 saturated carbocycles. The van der Waals surface area contributed by atoms with Gasteiger partial charge in [-0.25, -0.2) is 4.85 Å². The van der Waals surface area contributed by atoms with Crippen LogP contribution in [0.1, 0.15) is 32.4 Å². The lowest BCUT2D eigenvalue weighted by molar-refractivity contribution is 0.217. The Kier molecular flexibility index (Phi) is 4.74. The molecule has 98 valence electrons. The molecule has 1 atom stereocenters. The van der Waals surface area contributed by atoms with Gasteiger partial charge in [0.15, 0.2) is 0 Å². The van der Waals surface area contributed by atoms with Gasteiger partial charge >= 0.3 is 0 Å². The van der Waals surface area contributed by atoms with Crippen LogP contribution in [0.15, 0.2) is 16.6 Å². The van der Waals surface area contributed by atoms with E-state index >= 15 is 0 Å². The number of anilines is 1. The molecule has 1 unspecified atom stereocenters. The predicted molar refractivity (Wildman–Crippen MR) is 77.5 cm³/mol. The summed E-state index contributed by atoms with van der Waals surface area (Å²) < 4.78 is 0.681. The first-order chi connectivity index (χ1) is 8.28. The number of aliphatic hydroxyl groups excluding tert-OH is 1. The Labute approximate surface area is 116 Å². The maximum Gasteiger partial charge on any atom is 0.210 e. The average Bonchev–Trinajstić information content (AvgIpc) is 2.28. The van der Waals surface area contributed by atoms with Gasteiger partial charge in [-0.05, 0) is 38.5 Å². The summed E-state index contributed by atoms with van der Waals surface area (Å²) in [5, 5.41) is 12.8. The monoisotopic (exact) mass is 311 g/mol. The van der Waals surface area contributed by atoms with Crippen LogP contribution >= 0.6 is 15.9 Å². The van der Waals surface area contributed by atoms with Crippen molar-refractivity contribution in [2.45, 2.75) is 32.4 Å². The molecule has 1 aromatic rings. The van der Waals surface area contributed by atoms with E-state index in [1.165, 1.54) is 0 Å². The second-order valence-electron chi connectivity index (χ2n) is 5.18.